The number of nitrogens with two attached hydrogens (primary N) is 1. The third-order valence-corrected chi connectivity index (χ3v) is 3.26. The molecule has 1 amide bonds. The molecule has 0 aliphatic carbocycles. The molecular formula is C13H14N2OS. The standard InChI is InChI=1S/C13H14N2OS/c1-15(13(16)11-6-7-17-9-11)8-10-4-2-3-5-12(10)14/h2-7,9H,8,14H2,1H3. The second-order valence-corrected chi connectivity index (χ2v) is 4.65. The lowest BCUT2D eigenvalue weighted by Crippen LogP contribution is -2.26. The van der Waals surface area contributed by atoms with E-state index in [0.29, 0.717) is 6.54 Å². The smallest absolute Gasteiger partial charge is 0.254 e. The van der Waals surface area contributed by atoms with Gasteiger partial charge in [-0.15, -0.1) is 0 Å². The summed E-state index contributed by atoms with van der Waals surface area (Å²) in [6.07, 6.45) is 0. The summed E-state index contributed by atoms with van der Waals surface area (Å²) in [6.45, 7) is 0.529. The summed E-state index contributed by atoms with van der Waals surface area (Å²) in [4.78, 5) is 13.7. The van der Waals surface area contributed by atoms with Gasteiger partial charge in [0.15, 0.2) is 0 Å². The fourth-order valence-electron chi connectivity index (χ4n) is 1.61. The summed E-state index contributed by atoms with van der Waals surface area (Å²) < 4.78 is 0. The largest absolute Gasteiger partial charge is 0.398 e. The highest BCUT2D eigenvalue weighted by Crippen LogP contribution is 2.15. The van der Waals surface area contributed by atoms with Gasteiger partial charge in [-0.25, -0.2) is 0 Å². The van der Waals surface area contributed by atoms with Gasteiger partial charge in [-0.2, -0.15) is 11.3 Å². The Bertz CT molecular complexity index is 508. The van der Waals surface area contributed by atoms with Crippen molar-refractivity contribution < 1.29 is 4.79 Å². The third-order valence-electron chi connectivity index (χ3n) is 2.58. The monoisotopic (exact) mass is 246 g/mol. The highest BCUT2D eigenvalue weighted by atomic mass is 32.1. The molecule has 17 heavy (non-hydrogen) atoms. The molecule has 2 N–H and O–H groups in total. The van der Waals surface area contributed by atoms with E-state index >= 15 is 0 Å². The Morgan fingerprint density at radius 1 is 1.35 bits per heavy atom. The zero-order chi connectivity index (χ0) is 12.3. The van der Waals surface area contributed by atoms with Crippen molar-refractivity contribution in [2.45, 2.75) is 6.54 Å². The molecule has 2 rings (SSSR count). The van der Waals surface area contributed by atoms with Crippen LogP contribution in [0.1, 0.15) is 15.9 Å². The van der Waals surface area contributed by atoms with Gasteiger partial charge >= 0.3 is 0 Å². The Morgan fingerprint density at radius 2 is 2.12 bits per heavy atom. The van der Waals surface area contributed by atoms with E-state index in [1.165, 1.54) is 11.3 Å². The van der Waals surface area contributed by atoms with Crippen LogP contribution in [0, 0.1) is 0 Å². The minimum atomic E-state index is 0.0227. The molecule has 1 aromatic heterocycles. The fraction of sp³-hybridized carbons (Fsp3) is 0.154. The Kier molecular flexibility index (Phi) is 3.44. The number of carbonyl (C=O) groups excluding carboxylic acids is 1. The van der Waals surface area contributed by atoms with Crippen LogP contribution < -0.4 is 5.73 Å². The van der Waals surface area contributed by atoms with Crippen molar-refractivity contribution in [1.82, 2.24) is 4.90 Å². The van der Waals surface area contributed by atoms with E-state index in [4.69, 9.17) is 5.73 Å². The van der Waals surface area contributed by atoms with Crippen LogP contribution in [0.3, 0.4) is 0 Å². The number of thiophene rings is 1. The van der Waals surface area contributed by atoms with Gasteiger partial charge in [0, 0.05) is 24.7 Å². The molecule has 0 radical (unpaired) electrons. The van der Waals surface area contributed by atoms with Gasteiger partial charge in [-0.05, 0) is 23.1 Å². The highest BCUT2D eigenvalue weighted by Gasteiger charge is 2.12. The summed E-state index contributed by atoms with van der Waals surface area (Å²) in [6, 6.07) is 9.43. The predicted octanol–water partition coefficient (Wildman–Crippen LogP) is 2.60. The van der Waals surface area contributed by atoms with Crippen LogP contribution in [0.2, 0.25) is 0 Å². The normalized spacial score (nSPS) is 10.2. The SMILES string of the molecule is CN(Cc1ccccc1N)C(=O)c1ccsc1. The van der Waals surface area contributed by atoms with Gasteiger partial charge in [0.25, 0.3) is 5.91 Å². The van der Waals surface area contributed by atoms with Gasteiger partial charge < -0.3 is 10.6 Å². The minimum absolute atomic E-state index is 0.0227. The number of nitrogens with zero attached hydrogens (tertiary/aromatic N) is 1. The van der Waals surface area contributed by atoms with Crippen molar-refractivity contribution in [2.75, 3.05) is 12.8 Å². The van der Waals surface area contributed by atoms with E-state index in [2.05, 4.69) is 0 Å². The quantitative estimate of drug-likeness (QED) is 0.846. The lowest BCUT2D eigenvalue weighted by atomic mass is 10.1. The number of anilines is 1. The lowest BCUT2D eigenvalue weighted by molar-refractivity contribution is 0.0786. The van der Waals surface area contributed by atoms with Gasteiger partial charge in [-0.1, -0.05) is 18.2 Å². The van der Waals surface area contributed by atoms with Crippen molar-refractivity contribution in [3.8, 4) is 0 Å². The summed E-state index contributed by atoms with van der Waals surface area (Å²) >= 11 is 1.52. The second-order valence-electron chi connectivity index (χ2n) is 3.87. The van der Waals surface area contributed by atoms with Crippen molar-refractivity contribution >= 4 is 22.9 Å². The second kappa shape index (κ2) is 5.01. The van der Waals surface area contributed by atoms with Crippen molar-refractivity contribution in [1.29, 1.82) is 0 Å². The Morgan fingerprint density at radius 3 is 2.76 bits per heavy atom. The van der Waals surface area contributed by atoms with E-state index in [0.717, 1.165) is 16.8 Å². The Labute approximate surface area is 104 Å². The highest BCUT2D eigenvalue weighted by molar-refractivity contribution is 7.08. The molecule has 0 aliphatic rings. The maximum Gasteiger partial charge on any atom is 0.254 e. The predicted molar refractivity (Wildman–Crippen MR) is 71.0 cm³/mol. The molecule has 0 atom stereocenters. The number of benzene rings is 1. The van der Waals surface area contributed by atoms with Crippen molar-refractivity contribution in [3.05, 3.63) is 52.2 Å². The lowest BCUT2D eigenvalue weighted by Gasteiger charge is -2.17. The summed E-state index contributed by atoms with van der Waals surface area (Å²) in [5.41, 5.74) is 8.27. The van der Waals surface area contributed by atoms with Crippen LogP contribution in [-0.4, -0.2) is 17.9 Å². The first-order chi connectivity index (χ1) is 8.18. The topological polar surface area (TPSA) is 46.3 Å². The van der Waals surface area contributed by atoms with E-state index < -0.39 is 0 Å². The van der Waals surface area contributed by atoms with Gasteiger partial charge in [-0.3, -0.25) is 4.79 Å². The molecule has 0 bridgehead atoms. The molecule has 0 unspecified atom stereocenters. The maximum absolute atomic E-state index is 12.0. The molecule has 4 heteroatoms. The van der Waals surface area contributed by atoms with Crippen LogP contribution in [0.25, 0.3) is 0 Å². The number of carbonyl (C=O) groups is 1. The van der Waals surface area contributed by atoms with Crippen molar-refractivity contribution in [2.24, 2.45) is 0 Å². The van der Waals surface area contributed by atoms with Crippen molar-refractivity contribution in [3.63, 3.8) is 0 Å². The number of hydrogen-bond donors (Lipinski definition) is 1. The number of para-hydroxylation sites is 1. The number of nitrogen functional groups attached to an aromatic ring is 1. The molecule has 1 aromatic carbocycles. The van der Waals surface area contributed by atoms with E-state index in [-0.39, 0.29) is 5.91 Å². The Balaban J connectivity index is 2.10. The van der Waals surface area contributed by atoms with E-state index in [1.54, 1.807) is 11.9 Å². The van der Waals surface area contributed by atoms with E-state index in [9.17, 15) is 4.79 Å². The first kappa shape index (κ1) is 11.7. The molecule has 3 nitrogen and oxygen atoms in total. The molecular weight excluding hydrogens is 232 g/mol. The first-order valence-corrected chi connectivity index (χ1v) is 6.24. The molecule has 1 heterocycles. The molecule has 0 spiro atoms. The first-order valence-electron chi connectivity index (χ1n) is 5.29. The summed E-state index contributed by atoms with van der Waals surface area (Å²) in [5.74, 6) is 0.0227. The fourth-order valence-corrected chi connectivity index (χ4v) is 2.24. The molecule has 88 valence electrons. The molecule has 0 saturated carbocycles. The Hall–Kier alpha value is -1.81. The van der Waals surface area contributed by atoms with E-state index in [1.807, 2.05) is 41.1 Å². The van der Waals surface area contributed by atoms with Gasteiger partial charge in [0.1, 0.15) is 0 Å². The zero-order valence-corrected chi connectivity index (χ0v) is 10.4. The minimum Gasteiger partial charge on any atom is -0.398 e. The van der Waals surface area contributed by atoms with Crippen LogP contribution in [0.4, 0.5) is 5.69 Å². The number of amides is 1. The molecule has 2 aromatic rings. The average Bonchev–Trinajstić information content (AvgIpc) is 2.84. The van der Waals surface area contributed by atoms with Gasteiger partial charge in [0.2, 0.25) is 0 Å². The summed E-state index contributed by atoms with van der Waals surface area (Å²) in [5, 5.41) is 3.76. The number of hydrogen-bond acceptors (Lipinski definition) is 3. The molecule has 0 fully saturated rings. The number of rotatable bonds is 3. The average molecular weight is 246 g/mol. The third kappa shape index (κ3) is 2.65. The van der Waals surface area contributed by atoms with Crippen LogP contribution >= 0.6 is 11.3 Å². The summed E-state index contributed by atoms with van der Waals surface area (Å²) in [7, 11) is 1.78. The van der Waals surface area contributed by atoms with Crippen LogP contribution in [0.15, 0.2) is 41.1 Å². The van der Waals surface area contributed by atoms with Gasteiger partial charge in [0.05, 0.1) is 5.56 Å². The molecule has 0 saturated heterocycles. The maximum atomic E-state index is 12.0. The van der Waals surface area contributed by atoms with Crippen LogP contribution in [0.5, 0.6) is 0 Å². The van der Waals surface area contributed by atoms with Crippen LogP contribution in [-0.2, 0) is 6.54 Å². The molecule has 0 aliphatic heterocycles. The zero-order valence-electron chi connectivity index (χ0n) is 9.59.